The lowest BCUT2D eigenvalue weighted by Gasteiger charge is -2.33. The molecule has 24 heavy (non-hydrogen) atoms. The van der Waals surface area contributed by atoms with Gasteiger partial charge in [0.1, 0.15) is 12.4 Å². The number of para-hydroxylation sites is 1. The first-order chi connectivity index (χ1) is 11.6. The molecule has 5 nitrogen and oxygen atoms in total. The molecule has 0 bridgehead atoms. The van der Waals surface area contributed by atoms with Crippen molar-refractivity contribution in [2.45, 2.75) is 44.8 Å². The van der Waals surface area contributed by atoms with Crippen LogP contribution in [0.2, 0.25) is 0 Å². The molecule has 1 aromatic rings. The van der Waals surface area contributed by atoms with Gasteiger partial charge in [-0.3, -0.25) is 4.79 Å². The Morgan fingerprint density at radius 2 is 2.08 bits per heavy atom. The van der Waals surface area contributed by atoms with E-state index >= 15 is 0 Å². The number of aryl methyl sites for hydroxylation is 1. The molecule has 1 aliphatic carbocycles. The zero-order chi connectivity index (χ0) is 17.5. The van der Waals surface area contributed by atoms with Crippen LogP contribution in [0, 0.1) is 5.92 Å². The fourth-order valence-electron chi connectivity index (χ4n) is 3.24. The van der Waals surface area contributed by atoms with Crippen LogP contribution in [0.5, 0.6) is 5.75 Å². The van der Waals surface area contributed by atoms with Gasteiger partial charge in [-0.15, -0.1) is 0 Å². The van der Waals surface area contributed by atoms with Gasteiger partial charge in [-0.1, -0.05) is 25.1 Å². The predicted octanol–water partition coefficient (Wildman–Crippen LogP) is 2.26. The third kappa shape index (κ3) is 4.71. The molecule has 0 spiro atoms. The summed E-state index contributed by atoms with van der Waals surface area (Å²) in [7, 11) is 3.40. The number of hydrogen-bond donors (Lipinski definition) is 1. The van der Waals surface area contributed by atoms with Gasteiger partial charge >= 0.3 is 0 Å². The Morgan fingerprint density at radius 1 is 1.33 bits per heavy atom. The van der Waals surface area contributed by atoms with Gasteiger partial charge in [0.05, 0.1) is 18.8 Å². The average Bonchev–Trinajstić information content (AvgIpc) is 2.61. The third-order valence-electron chi connectivity index (χ3n) is 4.82. The van der Waals surface area contributed by atoms with Crippen LogP contribution in [0.4, 0.5) is 0 Å². The number of methoxy groups -OCH3 is 1. The molecule has 2 rings (SSSR count). The van der Waals surface area contributed by atoms with E-state index in [4.69, 9.17) is 9.47 Å². The molecule has 0 aromatic heterocycles. The lowest BCUT2D eigenvalue weighted by molar-refractivity contribution is -0.139. The van der Waals surface area contributed by atoms with Crippen molar-refractivity contribution < 1.29 is 19.4 Å². The van der Waals surface area contributed by atoms with E-state index in [2.05, 4.69) is 13.0 Å². The lowest BCUT2D eigenvalue weighted by Crippen LogP contribution is -2.43. The quantitative estimate of drug-likeness (QED) is 0.830. The maximum absolute atomic E-state index is 12.6. The van der Waals surface area contributed by atoms with Crippen LogP contribution in [0.1, 0.15) is 31.7 Å². The van der Waals surface area contributed by atoms with Crippen LogP contribution in [0.25, 0.3) is 0 Å². The Labute approximate surface area is 144 Å². The summed E-state index contributed by atoms with van der Waals surface area (Å²) in [6, 6.07) is 7.99. The molecule has 0 saturated heterocycles. The first-order valence-corrected chi connectivity index (χ1v) is 8.73. The summed E-state index contributed by atoms with van der Waals surface area (Å²) in [4.78, 5) is 14.3. The standard InChI is InChI=1S/C19H29NO4/c1-4-14-7-5-6-8-17(14)24-12-11-20(2)19(22)15-9-10-16(21)18(13-15)23-3/h5-8,15-16,18,21H,4,9-13H2,1-3H3/t15-,16+,18-/m1/s1. The van der Waals surface area contributed by atoms with Crippen molar-refractivity contribution in [2.24, 2.45) is 5.92 Å². The van der Waals surface area contributed by atoms with Gasteiger partial charge in [0.15, 0.2) is 0 Å². The number of aliphatic hydroxyl groups is 1. The highest BCUT2D eigenvalue weighted by atomic mass is 16.5. The molecule has 3 atom stereocenters. The van der Waals surface area contributed by atoms with Gasteiger partial charge in [0.2, 0.25) is 5.91 Å². The van der Waals surface area contributed by atoms with Gasteiger partial charge in [0.25, 0.3) is 0 Å². The number of likely N-dealkylation sites (N-methyl/N-ethyl adjacent to an activating group) is 1. The van der Waals surface area contributed by atoms with Crippen LogP contribution in [0.3, 0.4) is 0 Å². The number of rotatable bonds is 7. The summed E-state index contributed by atoms with van der Waals surface area (Å²) < 4.78 is 11.1. The number of carbonyl (C=O) groups excluding carboxylic acids is 1. The van der Waals surface area contributed by atoms with E-state index in [0.29, 0.717) is 32.4 Å². The minimum absolute atomic E-state index is 0.0775. The SMILES string of the molecule is CCc1ccccc1OCCN(C)C(=O)[C@@H]1CC[C@H](O)[C@H](OC)C1. The Kier molecular flexibility index (Phi) is 7.06. The molecule has 5 heteroatoms. The summed E-state index contributed by atoms with van der Waals surface area (Å²) in [5.74, 6) is 0.920. The summed E-state index contributed by atoms with van der Waals surface area (Å²) >= 11 is 0. The van der Waals surface area contributed by atoms with E-state index in [-0.39, 0.29) is 17.9 Å². The van der Waals surface area contributed by atoms with Gasteiger partial charge < -0.3 is 19.5 Å². The maximum Gasteiger partial charge on any atom is 0.225 e. The van der Waals surface area contributed by atoms with E-state index in [0.717, 1.165) is 12.2 Å². The third-order valence-corrected chi connectivity index (χ3v) is 4.82. The molecule has 0 heterocycles. The van der Waals surface area contributed by atoms with E-state index in [1.165, 1.54) is 5.56 Å². The fourth-order valence-corrected chi connectivity index (χ4v) is 3.24. The van der Waals surface area contributed by atoms with Crippen LogP contribution in [-0.4, -0.2) is 55.4 Å². The summed E-state index contributed by atoms with van der Waals surface area (Å²) in [5.41, 5.74) is 1.18. The molecular weight excluding hydrogens is 306 g/mol. The van der Waals surface area contributed by atoms with Crippen molar-refractivity contribution in [3.05, 3.63) is 29.8 Å². The molecule has 0 unspecified atom stereocenters. The summed E-state index contributed by atoms with van der Waals surface area (Å²) in [6.45, 7) is 3.12. The van der Waals surface area contributed by atoms with Crippen molar-refractivity contribution in [1.29, 1.82) is 0 Å². The van der Waals surface area contributed by atoms with Crippen LogP contribution in [0.15, 0.2) is 24.3 Å². The summed E-state index contributed by atoms with van der Waals surface area (Å²) in [5, 5.41) is 9.85. The Bertz CT molecular complexity index is 534. The van der Waals surface area contributed by atoms with Crippen LogP contribution in [-0.2, 0) is 16.0 Å². The monoisotopic (exact) mass is 335 g/mol. The maximum atomic E-state index is 12.6. The molecule has 1 amide bonds. The normalized spacial score (nSPS) is 23.8. The Balaban J connectivity index is 1.81. The number of hydrogen-bond acceptors (Lipinski definition) is 4. The number of carbonyl (C=O) groups is 1. The smallest absolute Gasteiger partial charge is 0.225 e. The van der Waals surface area contributed by atoms with Crippen molar-refractivity contribution in [3.8, 4) is 5.75 Å². The van der Waals surface area contributed by atoms with E-state index in [1.807, 2.05) is 25.2 Å². The molecule has 0 aliphatic heterocycles. The van der Waals surface area contributed by atoms with Crippen molar-refractivity contribution >= 4 is 5.91 Å². The molecule has 134 valence electrons. The van der Waals surface area contributed by atoms with Crippen molar-refractivity contribution in [3.63, 3.8) is 0 Å². The second-order valence-electron chi connectivity index (χ2n) is 6.42. The van der Waals surface area contributed by atoms with Crippen molar-refractivity contribution in [1.82, 2.24) is 4.90 Å². The van der Waals surface area contributed by atoms with Gasteiger partial charge in [-0.05, 0) is 37.3 Å². The van der Waals surface area contributed by atoms with Crippen LogP contribution < -0.4 is 4.74 Å². The molecular formula is C19H29NO4. The predicted molar refractivity (Wildman–Crippen MR) is 93.1 cm³/mol. The largest absolute Gasteiger partial charge is 0.491 e. The molecule has 1 N–H and O–H groups in total. The second kappa shape index (κ2) is 9.04. The number of aliphatic hydroxyl groups excluding tert-OH is 1. The number of benzene rings is 1. The highest BCUT2D eigenvalue weighted by molar-refractivity contribution is 5.78. The van der Waals surface area contributed by atoms with Crippen LogP contribution >= 0.6 is 0 Å². The minimum Gasteiger partial charge on any atom is -0.491 e. The highest BCUT2D eigenvalue weighted by Crippen LogP contribution is 2.27. The number of nitrogens with zero attached hydrogens (tertiary/aromatic N) is 1. The van der Waals surface area contributed by atoms with Gasteiger partial charge in [-0.25, -0.2) is 0 Å². The molecule has 1 fully saturated rings. The Morgan fingerprint density at radius 3 is 2.79 bits per heavy atom. The van der Waals surface area contributed by atoms with Gasteiger partial charge in [0, 0.05) is 20.1 Å². The van der Waals surface area contributed by atoms with Crippen molar-refractivity contribution in [2.75, 3.05) is 27.3 Å². The lowest BCUT2D eigenvalue weighted by atomic mass is 9.84. The first kappa shape index (κ1) is 18.7. The van der Waals surface area contributed by atoms with E-state index < -0.39 is 6.10 Å². The van der Waals surface area contributed by atoms with E-state index in [1.54, 1.807) is 12.0 Å². The zero-order valence-electron chi connectivity index (χ0n) is 14.9. The molecule has 0 radical (unpaired) electrons. The Hall–Kier alpha value is -1.59. The second-order valence-corrected chi connectivity index (χ2v) is 6.42. The fraction of sp³-hybridized carbons (Fsp3) is 0.632. The first-order valence-electron chi connectivity index (χ1n) is 8.73. The topological polar surface area (TPSA) is 59.0 Å². The number of ether oxygens (including phenoxy) is 2. The average molecular weight is 335 g/mol. The summed E-state index contributed by atoms with van der Waals surface area (Å²) in [6.07, 6.45) is 2.13. The molecule has 1 aliphatic rings. The minimum atomic E-state index is -0.460. The van der Waals surface area contributed by atoms with Gasteiger partial charge in [-0.2, -0.15) is 0 Å². The van der Waals surface area contributed by atoms with E-state index in [9.17, 15) is 9.90 Å². The molecule has 1 saturated carbocycles. The number of amides is 1. The zero-order valence-corrected chi connectivity index (χ0v) is 14.9. The molecule has 1 aromatic carbocycles. The highest BCUT2D eigenvalue weighted by Gasteiger charge is 2.34.